The summed E-state index contributed by atoms with van der Waals surface area (Å²) in [5.41, 5.74) is 1.45. The van der Waals surface area contributed by atoms with Gasteiger partial charge in [-0.05, 0) is 67.7 Å². The van der Waals surface area contributed by atoms with Gasteiger partial charge < -0.3 is 10.1 Å². The van der Waals surface area contributed by atoms with Crippen LogP contribution in [0, 0.1) is 17.8 Å². The molecule has 0 radical (unpaired) electrons. The lowest BCUT2D eigenvalue weighted by Gasteiger charge is -2.21. The van der Waals surface area contributed by atoms with Crippen molar-refractivity contribution in [3.8, 4) is 5.75 Å². The highest BCUT2D eigenvalue weighted by molar-refractivity contribution is 5.31. The lowest BCUT2D eigenvalue weighted by molar-refractivity contribution is 0.317. The molecule has 1 aromatic rings. The van der Waals surface area contributed by atoms with Crippen molar-refractivity contribution in [3.63, 3.8) is 0 Å². The topological polar surface area (TPSA) is 21.3 Å². The summed E-state index contributed by atoms with van der Waals surface area (Å²) in [5.74, 6) is 3.88. The first-order valence-electron chi connectivity index (χ1n) is 8.81. The Morgan fingerprint density at radius 2 is 1.81 bits per heavy atom. The molecule has 0 aliphatic heterocycles. The Morgan fingerprint density at radius 3 is 2.43 bits per heavy atom. The van der Waals surface area contributed by atoms with Gasteiger partial charge in [-0.3, -0.25) is 0 Å². The molecule has 0 saturated heterocycles. The molecule has 1 N–H and O–H groups in total. The average Bonchev–Trinajstić information content (AvgIpc) is 2.98. The zero-order chi connectivity index (χ0) is 14.7. The van der Waals surface area contributed by atoms with Crippen molar-refractivity contribution in [2.24, 2.45) is 17.8 Å². The van der Waals surface area contributed by atoms with Gasteiger partial charge in [-0.2, -0.15) is 0 Å². The van der Waals surface area contributed by atoms with Crippen LogP contribution in [0.3, 0.4) is 0 Å². The summed E-state index contributed by atoms with van der Waals surface area (Å²) < 4.78 is 5.70. The second kappa shape index (κ2) is 6.83. The van der Waals surface area contributed by atoms with Crippen molar-refractivity contribution in [1.29, 1.82) is 0 Å². The summed E-state index contributed by atoms with van der Waals surface area (Å²) in [5, 5.41) is 3.80. The van der Waals surface area contributed by atoms with E-state index in [0.717, 1.165) is 43.1 Å². The third-order valence-electron chi connectivity index (χ3n) is 5.18. The van der Waals surface area contributed by atoms with Gasteiger partial charge in [0.2, 0.25) is 0 Å². The van der Waals surface area contributed by atoms with E-state index in [1.165, 1.54) is 31.2 Å². The summed E-state index contributed by atoms with van der Waals surface area (Å²) >= 11 is 0. The molecule has 0 heterocycles. The predicted molar refractivity (Wildman–Crippen MR) is 87.6 cm³/mol. The Kier molecular flexibility index (Phi) is 4.84. The summed E-state index contributed by atoms with van der Waals surface area (Å²) in [6, 6.07) is 9.38. The van der Waals surface area contributed by atoms with E-state index in [2.05, 4.69) is 43.4 Å². The molecule has 21 heavy (non-hydrogen) atoms. The summed E-state index contributed by atoms with van der Waals surface area (Å²) in [7, 11) is 0. The number of hydrogen-bond acceptors (Lipinski definition) is 2. The maximum atomic E-state index is 5.70. The standard InChI is InChI=1S/C19H29NO/c1-3-12-20-19(18-16-6-5-7-17(16)18)14-8-10-15(11-9-14)21-13-4-2/h8-11,16-20H,3-7,12-13H2,1-2H3. The first-order valence-corrected chi connectivity index (χ1v) is 8.81. The van der Waals surface area contributed by atoms with Gasteiger partial charge in [0.25, 0.3) is 0 Å². The van der Waals surface area contributed by atoms with Crippen LogP contribution in [0.4, 0.5) is 0 Å². The number of ether oxygens (including phenoxy) is 1. The molecular formula is C19H29NO. The van der Waals surface area contributed by atoms with E-state index in [0.29, 0.717) is 6.04 Å². The van der Waals surface area contributed by atoms with Crippen LogP contribution in [0.25, 0.3) is 0 Å². The van der Waals surface area contributed by atoms with E-state index in [-0.39, 0.29) is 0 Å². The van der Waals surface area contributed by atoms with Gasteiger partial charge in [-0.25, -0.2) is 0 Å². The minimum Gasteiger partial charge on any atom is -0.494 e. The Morgan fingerprint density at radius 1 is 1.10 bits per heavy atom. The summed E-state index contributed by atoms with van der Waals surface area (Å²) in [6.07, 6.45) is 6.63. The van der Waals surface area contributed by atoms with Gasteiger partial charge in [0, 0.05) is 6.04 Å². The average molecular weight is 287 g/mol. The first kappa shape index (κ1) is 14.9. The van der Waals surface area contributed by atoms with Crippen molar-refractivity contribution in [2.75, 3.05) is 13.2 Å². The number of fused-ring (bicyclic) bond motifs is 1. The largest absolute Gasteiger partial charge is 0.494 e. The second-order valence-electron chi connectivity index (χ2n) is 6.69. The minimum absolute atomic E-state index is 0.556. The molecule has 0 amide bonds. The predicted octanol–water partition coefficient (Wildman–Crippen LogP) is 4.56. The molecule has 3 unspecified atom stereocenters. The molecular weight excluding hydrogens is 258 g/mol. The Bertz CT molecular complexity index is 431. The lowest BCUT2D eigenvalue weighted by Crippen LogP contribution is -2.25. The lowest BCUT2D eigenvalue weighted by atomic mass is 9.96. The molecule has 2 fully saturated rings. The van der Waals surface area contributed by atoms with Crippen molar-refractivity contribution in [3.05, 3.63) is 29.8 Å². The van der Waals surface area contributed by atoms with Crippen molar-refractivity contribution in [1.82, 2.24) is 5.32 Å². The van der Waals surface area contributed by atoms with E-state index < -0.39 is 0 Å². The smallest absolute Gasteiger partial charge is 0.119 e. The van der Waals surface area contributed by atoms with Crippen LogP contribution in [-0.4, -0.2) is 13.2 Å². The molecule has 2 aliphatic rings. The molecule has 2 saturated carbocycles. The number of rotatable bonds is 8. The Balaban J connectivity index is 1.67. The van der Waals surface area contributed by atoms with Crippen LogP contribution in [0.5, 0.6) is 5.75 Å². The maximum absolute atomic E-state index is 5.70. The Hall–Kier alpha value is -1.02. The van der Waals surface area contributed by atoms with Gasteiger partial charge in [-0.1, -0.05) is 32.4 Å². The molecule has 0 aromatic heterocycles. The van der Waals surface area contributed by atoms with Gasteiger partial charge in [0.05, 0.1) is 6.61 Å². The van der Waals surface area contributed by atoms with Crippen LogP contribution < -0.4 is 10.1 Å². The molecule has 0 spiro atoms. The third kappa shape index (κ3) is 3.26. The first-order chi connectivity index (χ1) is 10.3. The van der Waals surface area contributed by atoms with Crippen molar-refractivity contribution < 1.29 is 4.74 Å². The summed E-state index contributed by atoms with van der Waals surface area (Å²) in [6.45, 7) is 6.32. The number of benzene rings is 1. The monoisotopic (exact) mass is 287 g/mol. The molecule has 1 aromatic carbocycles. The fourth-order valence-corrected chi connectivity index (χ4v) is 4.14. The third-order valence-corrected chi connectivity index (χ3v) is 5.18. The second-order valence-corrected chi connectivity index (χ2v) is 6.69. The van der Waals surface area contributed by atoms with E-state index in [4.69, 9.17) is 4.74 Å². The molecule has 3 rings (SSSR count). The Labute approximate surface area is 129 Å². The van der Waals surface area contributed by atoms with Crippen molar-refractivity contribution >= 4 is 0 Å². The van der Waals surface area contributed by atoms with Gasteiger partial charge >= 0.3 is 0 Å². The van der Waals surface area contributed by atoms with E-state index in [9.17, 15) is 0 Å². The van der Waals surface area contributed by atoms with Gasteiger partial charge in [0.15, 0.2) is 0 Å². The fraction of sp³-hybridized carbons (Fsp3) is 0.684. The number of nitrogens with one attached hydrogen (secondary N) is 1. The van der Waals surface area contributed by atoms with E-state index >= 15 is 0 Å². The van der Waals surface area contributed by atoms with Crippen LogP contribution in [0.15, 0.2) is 24.3 Å². The summed E-state index contributed by atoms with van der Waals surface area (Å²) in [4.78, 5) is 0. The zero-order valence-corrected chi connectivity index (χ0v) is 13.5. The minimum atomic E-state index is 0.556. The molecule has 0 bridgehead atoms. The molecule has 2 heteroatoms. The normalized spacial score (nSPS) is 28.2. The maximum Gasteiger partial charge on any atom is 0.119 e. The van der Waals surface area contributed by atoms with Crippen LogP contribution in [0.2, 0.25) is 0 Å². The van der Waals surface area contributed by atoms with Crippen LogP contribution >= 0.6 is 0 Å². The van der Waals surface area contributed by atoms with Crippen LogP contribution in [-0.2, 0) is 0 Å². The highest BCUT2D eigenvalue weighted by atomic mass is 16.5. The SMILES string of the molecule is CCCNC(c1ccc(OCCC)cc1)C1C2CCCC21. The highest BCUT2D eigenvalue weighted by Crippen LogP contribution is 2.62. The van der Waals surface area contributed by atoms with Gasteiger partial charge in [-0.15, -0.1) is 0 Å². The van der Waals surface area contributed by atoms with Crippen LogP contribution in [0.1, 0.15) is 57.6 Å². The molecule has 2 aliphatic carbocycles. The number of hydrogen-bond donors (Lipinski definition) is 1. The van der Waals surface area contributed by atoms with E-state index in [1.807, 2.05) is 0 Å². The highest BCUT2D eigenvalue weighted by Gasteiger charge is 2.55. The molecule has 116 valence electrons. The molecule has 3 atom stereocenters. The quantitative estimate of drug-likeness (QED) is 0.756. The van der Waals surface area contributed by atoms with Gasteiger partial charge in [0.1, 0.15) is 5.75 Å². The molecule has 2 nitrogen and oxygen atoms in total. The van der Waals surface area contributed by atoms with E-state index in [1.54, 1.807) is 0 Å². The zero-order valence-electron chi connectivity index (χ0n) is 13.5. The van der Waals surface area contributed by atoms with Crippen molar-refractivity contribution in [2.45, 2.75) is 52.0 Å². The fourth-order valence-electron chi connectivity index (χ4n) is 4.14.